The number of halogens is 3. The van der Waals surface area contributed by atoms with Gasteiger partial charge in [0.2, 0.25) is 0 Å². The molecular weight excluding hydrogens is 439 g/mol. The van der Waals surface area contributed by atoms with Crippen LogP contribution < -0.4 is 15.1 Å². The number of carbonyl (C=O) groups is 1. The van der Waals surface area contributed by atoms with Gasteiger partial charge in [-0.25, -0.2) is 5.01 Å². The predicted molar refractivity (Wildman–Crippen MR) is 114 cm³/mol. The predicted octanol–water partition coefficient (Wildman–Crippen LogP) is 3.10. The Morgan fingerprint density at radius 1 is 1.18 bits per heavy atom. The van der Waals surface area contributed by atoms with Crippen molar-refractivity contribution in [1.29, 1.82) is 0 Å². The molecule has 1 aromatic carbocycles. The van der Waals surface area contributed by atoms with Crippen molar-refractivity contribution in [3.8, 4) is 5.75 Å². The highest BCUT2D eigenvalue weighted by Crippen LogP contribution is 2.28. The van der Waals surface area contributed by atoms with Crippen LogP contribution in [0.25, 0.3) is 0 Å². The smallest absolute Gasteiger partial charge is 0.406 e. The van der Waals surface area contributed by atoms with Crippen molar-refractivity contribution in [3.05, 3.63) is 65.7 Å². The maximum Gasteiger partial charge on any atom is 0.573 e. The van der Waals surface area contributed by atoms with Gasteiger partial charge in [0.1, 0.15) is 11.4 Å². The molecule has 1 saturated heterocycles. The van der Waals surface area contributed by atoms with E-state index in [1.165, 1.54) is 12.1 Å². The van der Waals surface area contributed by atoms with Crippen LogP contribution in [0, 0.1) is 0 Å². The number of nitrogens with zero attached hydrogens (tertiary/aromatic N) is 4. The Morgan fingerprint density at radius 2 is 1.91 bits per heavy atom. The first-order valence-corrected chi connectivity index (χ1v) is 10.4. The third kappa shape index (κ3) is 6.14. The summed E-state index contributed by atoms with van der Waals surface area (Å²) in [7, 11) is 0. The Labute approximate surface area is 189 Å². The number of ether oxygens (including phenoxy) is 2. The lowest BCUT2D eigenvalue weighted by Crippen LogP contribution is -2.48. The van der Waals surface area contributed by atoms with E-state index < -0.39 is 6.36 Å². The molecule has 1 aromatic heterocycles. The van der Waals surface area contributed by atoms with Crippen molar-refractivity contribution in [1.82, 2.24) is 20.3 Å². The van der Waals surface area contributed by atoms with Crippen molar-refractivity contribution >= 4 is 11.6 Å². The van der Waals surface area contributed by atoms with E-state index in [4.69, 9.17) is 4.74 Å². The summed E-state index contributed by atoms with van der Waals surface area (Å²) in [5.74, 6) is -0.530. The number of anilines is 1. The molecule has 0 radical (unpaired) electrons. The second kappa shape index (κ2) is 9.67. The van der Waals surface area contributed by atoms with E-state index in [1.807, 2.05) is 29.1 Å². The van der Waals surface area contributed by atoms with Gasteiger partial charge in [0.25, 0.3) is 5.91 Å². The van der Waals surface area contributed by atoms with Gasteiger partial charge in [-0.15, -0.1) is 13.2 Å². The average molecular weight is 463 g/mol. The number of hydrogen-bond donors (Lipinski definition) is 1. The van der Waals surface area contributed by atoms with Gasteiger partial charge in [0, 0.05) is 43.4 Å². The standard InChI is InChI=1S/C22H24F3N5O3/c1-16-13-29(18-2-4-19(5-3-18)33-22(23,24)25)15-28(16)14-17-6-7-26-20(12-17)21(31)27-30-8-10-32-11-9-30/h2-7,12-13H,8-11,14-15H2,1H3,(H,27,31). The minimum absolute atomic E-state index is 0.261. The summed E-state index contributed by atoms with van der Waals surface area (Å²) < 4.78 is 46.3. The van der Waals surface area contributed by atoms with E-state index in [0.29, 0.717) is 45.2 Å². The molecule has 0 saturated carbocycles. The molecule has 4 rings (SSSR count). The van der Waals surface area contributed by atoms with Crippen molar-refractivity contribution in [3.63, 3.8) is 0 Å². The van der Waals surface area contributed by atoms with E-state index >= 15 is 0 Å². The lowest BCUT2D eigenvalue weighted by Gasteiger charge is -2.27. The molecule has 2 aliphatic rings. The summed E-state index contributed by atoms with van der Waals surface area (Å²) in [4.78, 5) is 20.8. The number of allylic oxidation sites excluding steroid dienone is 1. The molecule has 8 nitrogen and oxygen atoms in total. The molecule has 0 atom stereocenters. The fourth-order valence-corrected chi connectivity index (χ4v) is 3.61. The number of benzene rings is 1. The van der Waals surface area contributed by atoms with E-state index in [2.05, 4.69) is 20.0 Å². The van der Waals surface area contributed by atoms with Gasteiger partial charge in [0.15, 0.2) is 0 Å². The largest absolute Gasteiger partial charge is 0.573 e. The van der Waals surface area contributed by atoms with Gasteiger partial charge < -0.3 is 19.3 Å². The Balaban J connectivity index is 1.36. The number of alkyl halides is 3. The maximum absolute atomic E-state index is 12.5. The van der Waals surface area contributed by atoms with Crippen molar-refractivity contribution < 1.29 is 27.4 Å². The zero-order chi connectivity index (χ0) is 23.4. The Bertz CT molecular complexity index is 1010. The molecule has 0 unspecified atom stereocenters. The van der Waals surface area contributed by atoms with Gasteiger partial charge in [-0.05, 0) is 48.9 Å². The van der Waals surface area contributed by atoms with Crippen LogP contribution in [0.5, 0.6) is 5.75 Å². The number of nitrogens with one attached hydrogen (secondary N) is 1. The first-order chi connectivity index (χ1) is 15.8. The monoisotopic (exact) mass is 463 g/mol. The molecule has 0 aliphatic carbocycles. The SMILES string of the molecule is CC1=CN(c2ccc(OC(F)(F)F)cc2)CN1Cc1ccnc(C(=O)NN2CCOCC2)c1. The average Bonchev–Trinajstić information content (AvgIpc) is 3.14. The topological polar surface area (TPSA) is 70.2 Å². The van der Waals surface area contributed by atoms with Crippen LogP contribution in [0.4, 0.5) is 18.9 Å². The molecule has 0 bridgehead atoms. The summed E-state index contributed by atoms with van der Waals surface area (Å²) in [6.45, 7) is 5.42. The number of carbonyl (C=O) groups excluding carboxylic acids is 1. The Hall–Kier alpha value is -3.31. The van der Waals surface area contributed by atoms with Crippen LogP contribution in [0.15, 0.2) is 54.5 Å². The van der Waals surface area contributed by atoms with Gasteiger partial charge in [-0.3, -0.25) is 15.2 Å². The van der Waals surface area contributed by atoms with E-state index in [0.717, 1.165) is 16.9 Å². The fraction of sp³-hybridized carbons (Fsp3) is 0.364. The molecule has 176 valence electrons. The normalized spacial score (nSPS) is 17.2. The molecule has 1 N–H and O–H groups in total. The van der Waals surface area contributed by atoms with Crippen LogP contribution >= 0.6 is 0 Å². The number of hydrogen-bond acceptors (Lipinski definition) is 7. The molecule has 1 amide bonds. The zero-order valence-electron chi connectivity index (χ0n) is 18.0. The van der Waals surface area contributed by atoms with Crippen LogP contribution in [-0.4, -0.2) is 60.1 Å². The van der Waals surface area contributed by atoms with E-state index in [-0.39, 0.29) is 11.7 Å². The van der Waals surface area contributed by atoms with Crippen LogP contribution in [0.2, 0.25) is 0 Å². The highest BCUT2D eigenvalue weighted by molar-refractivity contribution is 5.92. The first kappa shape index (κ1) is 22.9. The molecule has 3 heterocycles. The summed E-state index contributed by atoms with van der Waals surface area (Å²) in [6.07, 6.45) is -1.19. The number of pyridine rings is 1. The van der Waals surface area contributed by atoms with Gasteiger partial charge in [-0.1, -0.05) is 0 Å². The van der Waals surface area contributed by atoms with E-state index in [1.54, 1.807) is 24.4 Å². The molecule has 0 spiro atoms. The van der Waals surface area contributed by atoms with Gasteiger partial charge in [0.05, 0.1) is 19.9 Å². The first-order valence-electron chi connectivity index (χ1n) is 10.4. The van der Waals surface area contributed by atoms with Crippen LogP contribution in [-0.2, 0) is 11.3 Å². The number of hydrazine groups is 1. The molecule has 33 heavy (non-hydrogen) atoms. The molecule has 11 heteroatoms. The minimum atomic E-state index is -4.72. The number of rotatable bonds is 6. The molecule has 2 aliphatic heterocycles. The number of morpholine rings is 1. The number of aromatic nitrogens is 1. The van der Waals surface area contributed by atoms with Crippen molar-refractivity contribution in [2.75, 3.05) is 37.9 Å². The van der Waals surface area contributed by atoms with Gasteiger partial charge in [-0.2, -0.15) is 0 Å². The van der Waals surface area contributed by atoms with Crippen LogP contribution in [0.3, 0.4) is 0 Å². The Morgan fingerprint density at radius 3 is 2.61 bits per heavy atom. The maximum atomic E-state index is 12.5. The molecule has 1 fully saturated rings. The highest BCUT2D eigenvalue weighted by atomic mass is 19.4. The van der Waals surface area contributed by atoms with Crippen LogP contribution in [0.1, 0.15) is 23.0 Å². The second-order valence-electron chi connectivity index (χ2n) is 7.71. The fourth-order valence-electron chi connectivity index (χ4n) is 3.61. The summed E-state index contributed by atoms with van der Waals surface area (Å²) in [5, 5.41) is 1.82. The molecular formula is C22H24F3N5O3. The lowest BCUT2D eigenvalue weighted by atomic mass is 10.2. The van der Waals surface area contributed by atoms with Crippen molar-refractivity contribution in [2.24, 2.45) is 0 Å². The van der Waals surface area contributed by atoms with Crippen molar-refractivity contribution in [2.45, 2.75) is 19.8 Å². The summed E-state index contributed by atoms with van der Waals surface area (Å²) in [6, 6.07) is 9.34. The summed E-state index contributed by atoms with van der Waals surface area (Å²) >= 11 is 0. The van der Waals surface area contributed by atoms with E-state index in [9.17, 15) is 18.0 Å². The molecule has 2 aromatic rings. The number of amides is 1. The minimum Gasteiger partial charge on any atom is -0.406 e. The highest BCUT2D eigenvalue weighted by Gasteiger charge is 2.31. The zero-order valence-corrected chi connectivity index (χ0v) is 18.0. The summed E-state index contributed by atoms with van der Waals surface area (Å²) in [5.41, 5.74) is 5.83. The third-order valence-electron chi connectivity index (χ3n) is 5.27. The van der Waals surface area contributed by atoms with Gasteiger partial charge >= 0.3 is 6.36 Å². The third-order valence-corrected chi connectivity index (χ3v) is 5.27. The quantitative estimate of drug-likeness (QED) is 0.706. The second-order valence-corrected chi connectivity index (χ2v) is 7.71. The Kier molecular flexibility index (Phi) is 6.70. The lowest BCUT2D eigenvalue weighted by molar-refractivity contribution is -0.274.